The van der Waals surface area contributed by atoms with Crippen LogP contribution < -0.4 is 0 Å². The summed E-state index contributed by atoms with van der Waals surface area (Å²) >= 11 is 0. The molecule has 0 aliphatic carbocycles. The van der Waals surface area contributed by atoms with E-state index in [1.54, 1.807) is 10.9 Å². The minimum atomic E-state index is 0.908. The van der Waals surface area contributed by atoms with E-state index in [2.05, 4.69) is 16.3 Å². The van der Waals surface area contributed by atoms with Gasteiger partial charge in [0.1, 0.15) is 6.20 Å². The monoisotopic (exact) mass is 158 g/mol. The van der Waals surface area contributed by atoms with Crippen molar-refractivity contribution < 1.29 is 0 Å². The second kappa shape index (κ2) is 2.77. The number of hydrogen-bond donors (Lipinski definition) is 0. The van der Waals surface area contributed by atoms with Crippen molar-refractivity contribution in [3.8, 4) is 11.3 Å². The van der Waals surface area contributed by atoms with Gasteiger partial charge < -0.3 is 0 Å². The maximum absolute atomic E-state index is 4.18. The lowest BCUT2D eigenvalue weighted by Gasteiger charge is -1.91. The molecular formula is C9H8N3. The highest BCUT2D eigenvalue weighted by Crippen LogP contribution is 2.12. The summed E-state index contributed by atoms with van der Waals surface area (Å²) in [7, 11) is 1.86. The predicted molar refractivity (Wildman–Crippen MR) is 45.3 cm³/mol. The molecule has 2 rings (SSSR count). The molecule has 0 aliphatic heterocycles. The highest BCUT2D eigenvalue weighted by molar-refractivity contribution is 5.55. The third-order valence-electron chi connectivity index (χ3n) is 1.58. The third-order valence-corrected chi connectivity index (χ3v) is 1.58. The van der Waals surface area contributed by atoms with Crippen molar-refractivity contribution in [2.75, 3.05) is 0 Å². The molecule has 2 heterocycles. The Labute approximate surface area is 70.7 Å². The molecule has 0 bridgehead atoms. The first kappa shape index (κ1) is 7.03. The third kappa shape index (κ3) is 1.21. The Morgan fingerprint density at radius 3 is 2.92 bits per heavy atom. The van der Waals surface area contributed by atoms with Gasteiger partial charge in [0.15, 0.2) is 0 Å². The van der Waals surface area contributed by atoms with Crippen molar-refractivity contribution in [1.29, 1.82) is 0 Å². The number of hydrogen-bond acceptors (Lipinski definition) is 2. The van der Waals surface area contributed by atoms with Crippen LogP contribution in [0.2, 0.25) is 0 Å². The van der Waals surface area contributed by atoms with Crippen molar-refractivity contribution in [3.63, 3.8) is 0 Å². The first-order chi connectivity index (χ1) is 5.86. The molecule has 0 fully saturated rings. The number of nitrogens with zero attached hydrogens (tertiary/aromatic N) is 3. The summed E-state index contributed by atoms with van der Waals surface area (Å²) < 4.78 is 1.71. The van der Waals surface area contributed by atoms with Gasteiger partial charge >= 0.3 is 0 Å². The van der Waals surface area contributed by atoms with Crippen molar-refractivity contribution in [1.82, 2.24) is 14.8 Å². The van der Waals surface area contributed by atoms with Crippen molar-refractivity contribution in [2.24, 2.45) is 7.05 Å². The maximum Gasteiger partial charge on any atom is 0.123 e. The van der Waals surface area contributed by atoms with E-state index < -0.39 is 0 Å². The Morgan fingerprint density at radius 2 is 2.33 bits per heavy atom. The van der Waals surface area contributed by atoms with E-state index in [0.717, 1.165) is 11.3 Å². The minimum absolute atomic E-state index is 0.908. The summed E-state index contributed by atoms with van der Waals surface area (Å²) in [6.07, 6.45) is 6.52. The highest BCUT2D eigenvalue weighted by atomic mass is 15.2. The summed E-state index contributed by atoms with van der Waals surface area (Å²) in [6, 6.07) is 5.77. The average molecular weight is 158 g/mol. The van der Waals surface area contributed by atoms with Crippen LogP contribution in [0.3, 0.4) is 0 Å². The van der Waals surface area contributed by atoms with E-state index in [9.17, 15) is 0 Å². The molecule has 3 heteroatoms. The van der Waals surface area contributed by atoms with E-state index in [1.165, 1.54) is 0 Å². The topological polar surface area (TPSA) is 30.7 Å². The van der Waals surface area contributed by atoms with E-state index in [1.807, 2.05) is 31.4 Å². The molecule has 2 aromatic heterocycles. The molecular weight excluding hydrogens is 150 g/mol. The SMILES string of the molecule is Cn1cc(-c2ccccn2)[c]n1. The first-order valence-electron chi connectivity index (χ1n) is 3.69. The number of aryl methyl sites for hydroxylation is 1. The van der Waals surface area contributed by atoms with Crippen LogP contribution in [-0.2, 0) is 7.05 Å². The molecule has 0 unspecified atom stereocenters. The van der Waals surface area contributed by atoms with E-state index in [0.29, 0.717) is 0 Å². The minimum Gasteiger partial charge on any atom is -0.274 e. The molecule has 1 radical (unpaired) electrons. The first-order valence-corrected chi connectivity index (χ1v) is 3.69. The molecule has 0 N–H and O–H groups in total. The van der Waals surface area contributed by atoms with Crippen LogP contribution in [0.4, 0.5) is 0 Å². The van der Waals surface area contributed by atoms with Gasteiger partial charge in [0.25, 0.3) is 0 Å². The lowest BCUT2D eigenvalue weighted by atomic mass is 10.2. The zero-order chi connectivity index (χ0) is 8.39. The second-order valence-corrected chi connectivity index (χ2v) is 2.54. The van der Waals surface area contributed by atoms with Gasteiger partial charge in [0.05, 0.1) is 5.69 Å². The lowest BCUT2D eigenvalue weighted by molar-refractivity contribution is 0.765. The van der Waals surface area contributed by atoms with Gasteiger partial charge in [-0.3, -0.25) is 9.67 Å². The van der Waals surface area contributed by atoms with E-state index >= 15 is 0 Å². The summed E-state index contributed by atoms with van der Waals surface area (Å²) in [5.41, 5.74) is 1.84. The van der Waals surface area contributed by atoms with Crippen LogP contribution in [0, 0.1) is 6.20 Å². The molecule has 0 saturated heterocycles. The molecule has 0 saturated carbocycles. The normalized spacial score (nSPS) is 10.1. The Kier molecular flexibility index (Phi) is 1.63. The molecule has 0 aromatic carbocycles. The van der Waals surface area contributed by atoms with Crippen molar-refractivity contribution >= 4 is 0 Å². The zero-order valence-corrected chi connectivity index (χ0v) is 6.73. The standard InChI is InChI=1S/C9H8N3/c1-12-7-8(6-11-12)9-4-2-3-5-10-9/h2-5,7H,1H3. The van der Waals surface area contributed by atoms with Crippen LogP contribution >= 0.6 is 0 Å². The molecule has 0 spiro atoms. The Hall–Kier alpha value is -1.64. The van der Waals surface area contributed by atoms with E-state index in [-0.39, 0.29) is 0 Å². The fourth-order valence-corrected chi connectivity index (χ4v) is 1.02. The summed E-state index contributed by atoms with van der Waals surface area (Å²) in [5, 5.41) is 3.94. The molecule has 3 nitrogen and oxygen atoms in total. The van der Waals surface area contributed by atoms with Gasteiger partial charge in [-0.05, 0) is 12.1 Å². The van der Waals surface area contributed by atoms with Crippen LogP contribution in [0.15, 0.2) is 30.6 Å². The quantitative estimate of drug-likeness (QED) is 0.626. The second-order valence-electron chi connectivity index (χ2n) is 2.54. The van der Waals surface area contributed by atoms with Gasteiger partial charge in [-0.2, -0.15) is 5.10 Å². The predicted octanol–water partition coefficient (Wildman–Crippen LogP) is 1.28. The molecule has 12 heavy (non-hydrogen) atoms. The number of pyridine rings is 1. The molecule has 0 amide bonds. The van der Waals surface area contributed by atoms with Crippen LogP contribution in [0.5, 0.6) is 0 Å². The Morgan fingerprint density at radius 1 is 1.42 bits per heavy atom. The Bertz CT molecular complexity index is 364. The Balaban J connectivity index is 2.45. The van der Waals surface area contributed by atoms with Crippen LogP contribution in [-0.4, -0.2) is 14.8 Å². The molecule has 0 aliphatic rings. The molecule has 0 atom stereocenters. The van der Waals surface area contributed by atoms with Gasteiger partial charge in [0.2, 0.25) is 0 Å². The zero-order valence-electron chi connectivity index (χ0n) is 6.73. The average Bonchev–Trinajstić information content (AvgIpc) is 2.54. The maximum atomic E-state index is 4.18. The fourth-order valence-electron chi connectivity index (χ4n) is 1.02. The fraction of sp³-hybridized carbons (Fsp3) is 0.111. The van der Waals surface area contributed by atoms with Crippen molar-refractivity contribution in [3.05, 3.63) is 36.8 Å². The number of rotatable bonds is 1. The summed E-state index contributed by atoms with van der Waals surface area (Å²) in [6.45, 7) is 0. The van der Waals surface area contributed by atoms with Gasteiger partial charge in [-0.1, -0.05) is 6.07 Å². The smallest absolute Gasteiger partial charge is 0.123 e. The molecule has 2 aromatic rings. The van der Waals surface area contributed by atoms with E-state index in [4.69, 9.17) is 0 Å². The number of aromatic nitrogens is 3. The van der Waals surface area contributed by atoms with Gasteiger partial charge in [-0.15, -0.1) is 0 Å². The van der Waals surface area contributed by atoms with Crippen LogP contribution in [0.25, 0.3) is 11.3 Å². The van der Waals surface area contributed by atoms with Crippen molar-refractivity contribution in [2.45, 2.75) is 0 Å². The highest BCUT2D eigenvalue weighted by Gasteiger charge is 1.99. The van der Waals surface area contributed by atoms with Crippen LogP contribution in [0.1, 0.15) is 0 Å². The lowest BCUT2D eigenvalue weighted by Crippen LogP contribution is -1.84. The van der Waals surface area contributed by atoms with Gasteiger partial charge in [-0.25, -0.2) is 0 Å². The summed E-state index contributed by atoms with van der Waals surface area (Å²) in [4.78, 5) is 4.18. The largest absolute Gasteiger partial charge is 0.274 e. The van der Waals surface area contributed by atoms with Gasteiger partial charge in [0, 0.05) is 25.0 Å². The molecule has 59 valence electrons. The summed E-state index contributed by atoms with van der Waals surface area (Å²) in [5.74, 6) is 0.